The summed E-state index contributed by atoms with van der Waals surface area (Å²) in [6.07, 6.45) is 2.43. The van der Waals surface area contributed by atoms with Crippen LogP contribution in [0.3, 0.4) is 0 Å². The molecule has 0 saturated heterocycles. The summed E-state index contributed by atoms with van der Waals surface area (Å²) in [7, 11) is 0. The molecule has 0 unspecified atom stereocenters. The quantitative estimate of drug-likeness (QED) is 0.890. The van der Waals surface area contributed by atoms with Gasteiger partial charge in [-0.15, -0.1) is 11.3 Å². The first-order valence-electron chi connectivity index (χ1n) is 7.22. The maximum absolute atomic E-state index is 12.3. The molecule has 2 atom stereocenters. The van der Waals surface area contributed by atoms with E-state index < -0.39 is 0 Å². The van der Waals surface area contributed by atoms with Gasteiger partial charge in [-0.2, -0.15) is 0 Å². The van der Waals surface area contributed by atoms with Crippen molar-refractivity contribution in [1.29, 1.82) is 0 Å². The first kappa shape index (κ1) is 14.2. The summed E-state index contributed by atoms with van der Waals surface area (Å²) in [6.45, 7) is 1.85. The van der Waals surface area contributed by atoms with Gasteiger partial charge < -0.3 is 11.1 Å². The van der Waals surface area contributed by atoms with Crippen LogP contribution in [0.2, 0.25) is 0 Å². The number of nitrogens with one attached hydrogen (secondary N) is 1. The fourth-order valence-corrected chi connectivity index (χ4v) is 3.05. The van der Waals surface area contributed by atoms with Crippen LogP contribution in [0.25, 0.3) is 0 Å². The number of aromatic nitrogens is 1. The molecule has 1 fully saturated rings. The molecule has 2 aromatic rings. The molecule has 0 aliphatic heterocycles. The molecule has 0 radical (unpaired) electrons. The highest BCUT2D eigenvalue weighted by Crippen LogP contribution is 2.40. The van der Waals surface area contributed by atoms with Gasteiger partial charge in [0.05, 0.1) is 11.6 Å². The molecule has 21 heavy (non-hydrogen) atoms. The van der Waals surface area contributed by atoms with E-state index >= 15 is 0 Å². The van der Waals surface area contributed by atoms with E-state index in [0.717, 1.165) is 11.3 Å². The molecule has 110 valence electrons. The third-order valence-corrected chi connectivity index (χ3v) is 4.66. The zero-order valence-corrected chi connectivity index (χ0v) is 12.8. The van der Waals surface area contributed by atoms with E-state index in [1.54, 1.807) is 0 Å². The van der Waals surface area contributed by atoms with Crippen LogP contribution in [0.4, 0.5) is 5.13 Å². The first-order chi connectivity index (χ1) is 10.1. The number of thiazole rings is 1. The summed E-state index contributed by atoms with van der Waals surface area (Å²) in [5.74, 6) is 0.222. The van der Waals surface area contributed by atoms with Gasteiger partial charge in [-0.3, -0.25) is 4.79 Å². The van der Waals surface area contributed by atoms with E-state index in [2.05, 4.69) is 10.3 Å². The summed E-state index contributed by atoms with van der Waals surface area (Å²) in [5.41, 5.74) is 8.26. The van der Waals surface area contributed by atoms with Crippen LogP contribution < -0.4 is 11.1 Å². The molecule has 1 amide bonds. The van der Waals surface area contributed by atoms with Crippen molar-refractivity contribution >= 4 is 22.4 Å². The number of hydrogen-bond acceptors (Lipinski definition) is 4. The molecule has 4 nitrogen and oxygen atoms in total. The van der Waals surface area contributed by atoms with Crippen molar-refractivity contribution in [2.45, 2.75) is 31.7 Å². The van der Waals surface area contributed by atoms with Gasteiger partial charge in [-0.05, 0) is 18.4 Å². The molecule has 1 heterocycles. The lowest BCUT2D eigenvalue weighted by Crippen LogP contribution is -2.30. The number of nitrogens with zero attached hydrogens (tertiary/aromatic N) is 1. The Balaban J connectivity index is 1.63. The Labute approximate surface area is 128 Å². The molecule has 1 aromatic carbocycles. The third-order valence-electron chi connectivity index (χ3n) is 3.88. The second-order valence-electron chi connectivity index (χ2n) is 5.57. The summed E-state index contributed by atoms with van der Waals surface area (Å²) < 4.78 is 0. The van der Waals surface area contributed by atoms with Gasteiger partial charge in [0.25, 0.3) is 0 Å². The van der Waals surface area contributed by atoms with Crippen molar-refractivity contribution in [3.63, 3.8) is 0 Å². The minimum absolute atomic E-state index is 0.0805. The van der Waals surface area contributed by atoms with Crippen molar-refractivity contribution in [2.24, 2.45) is 11.7 Å². The minimum Gasteiger partial charge on any atom is -0.323 e. The van der Waals surface area contributed by atoms with Gasteiger partial charge in [0.15, 0.2) is 5.13 Å². The molecule has 3 rings (SSSR count). The Hall–Kier alpha value is -1.72. The van der Waals surface area contributed by atoms with Crippen molar-refractivity contribution < 1.29 is 4.79 Å². The van der Waals surface area contributed by atoms with Crippen molar-refractivity contribution in [3.8, 4) is 0 Å². The number of benzene rings is 1. The topological polar surface area (TPSA) is 68.0 Å². The fraction of sp³-hybridized carbons (Fsp3) is 0.375. The Bertz CT molecular complexity index is 621. The van der Waals surface area contributed by atoms with E-state index in [0.29, 0.717) is 11.0 Å². The van der Waals surface area contributed by atoms with Gasteiger partial charge in [0.2, 0.25) is 5.91 Å². The molecule has 1 aromatic heterocycles. The van der Waals surface area contributed by atoms with Gasteiger partial charge in [-0.1, -0.05) is 37.3 Å². The van der Waals surface area contributed by atoms with Crippen molar-refractivity contribution in [1.82, 2.24) is 4.98 Å². The Morgan fingerprint density at radius 3 is 2.76 bits per heavy atom. The number of nitrogens with two attached hydrogens (primary N) is 1. The summed E-state index contributed by atoms with van der Waals surface area (Å²) in [6, 6.07) is 9.39. The highest BCUT2D eigenvalue weighted by Gasteiger charge is 2.27. The second-order valence-corrected chi connectivity index (χ2v) is 6.42. The maximum Gasteiger partial charge on any atom is 0.230 e. The zero-order chi connectivity index (χ0) is 14.8. The average Bonchev–Trinajstić information content (AvgIpc) is 3.27. The Morgan fingerprint density at radius 1 is 1.38 bits per heavy atom. The standard InChI is InChI=1S/C16H19N3OS/c1-10(14(17)12-5-3-2-4-6-12)15(20)19-16-18-13(9-21-16)11-7-8-11/h2-6,9-11,14H,7-8,17H2,1H3,(H,18,19,20)/t10-,14+/m1/s1. The van der Waals surface area contributed by atoms with Crippen molar-refractivity contribution in [3.05, 3.63) is 47.0 Å². The predicted molar refractivity (Wildman–Crippen MR) is 85.3 cm³/mol. The van der Waals surface area contributed by atoms with E-state index in [1.807, 2.05) is 42.6 Å². The Kier molecular flexibility index (Phi) is 4.03. The average molecular weight is 301 g/mol. The van der Waals surface area contributed by atoms with Crippen LogP contribution in [0, 0.1) is 5.92 Å². The van der Waals surface area contributed by atoms with Crippen LogP contribution in [0.5, 0.6) is 0 Å². The lowest BCUT2D eigenvalue weighted by atomic mass is 9.95. The summed E-state index contributed by atoms with van der Waals surface area (Å²) in [5, 5.41) is 5.60. The number of hydrogen-bond donors (Lipinski definition) is 2. The highest BCUT2D eigenvalue weighted by molar-refractivity contribution is 7.13. The molecule has 0 bridgehead atoms. The van der Waals surface area contributed by atoms with Gasteiger partial charge in [0, 0.05) is 17.3 Å². The number of carbonyl (C=O) groups is 1. The number of amides is 1. The monoisotopic (exact) mass is 301 g/mol. The van der Waals surface area contributed by atoms with Crippen LogP contribution in [-0.2, 0) is 4.79 Å². The highest BCUT2D eigenvalue weighted by atomic mass is 32.1. The first-order valence-corrected chi connectivity index (χ1v) is 8.10. The molecular formula is C16H19N3OS. The summed E-state index contributed by atoms with van der Waals surface area (Å²) in [4.78, 5) is 16.8. The summed E-state index contributed by atoms with van der Waals surface area (Å²) >= 11 is 1.49. The van der Waals surface area contributed by atoms with Crippen LogP contribution in [-0.4, -0.2) is 10.9 Å². The van der Waals surface area contributed by atoms with Crippen LogP contribution in [0.15, 0.2) is 35.7 Å². The second kappa shape index (κ2) is 5.95. The zero-order valence-electron chi connectivity index (χ0n) is 12.0. The smallest absolute Gasteiger partial charge is 0.230 e. The molecule has 0 spiro atoms. The maximum atomic E-state index is 12.3. The largest absolute Gasteiger partial charge is 0.323 e. The van der Waals surface area contributed by atoms with Gasteiger partial charge >= 0.3 is 0 Å². The SMILES string of the molecule is C[C@@H](C(=O)Nc1nc(C2CC2)cs1)[C@H](N)c1ccccc1. The van der Waals surface area contributed by atoms with Crippen molar-refractivity contribution in [2.75, 3.05) is 5.32 Å². The van der Waals surface area contributed by atoms with Crippen LogP contribution in [0.1, 0.15) is 43.0 Å². The minimum atomic E-state index is -0.311. The number of carbonyl (C=O) groups excluding carboxylic acids is 1. The molecule has 3 N–H and O–H groups in total. The molecule has 1 aliphatic carbocycles. The molecular weight excluding hydrogens is 282 g/mol. The fourth-order valence-electron chi connectivity index (χ4n) is 2.26. The third kappa shape index (κ3) is 3.31. The predicted octanol–water partition coefficient (Wildman–Crippen LogP) is 3.30. The molecule has 5 heteroatoms. The van der Waals surface area contributed by atoms with E-state index in [-0.39, 0.29) is 17.9 Å². The van der Waals surface area contributed by atoms with E-state index in [4.69, 9.17) is 5.73 Å². The normalized spacial score (nSPS) is 17.2. The van der Waals surface area contributed by atoms with Crippen LogP contribution >= 0.6 is 11.3 Å². The molecule has 1 saturated carbocycles. The van der Waals surface area contributed by atoms with E-state index in [1.165, 1.54) is 24.2 Å². The lowest BCUT2D eigenvalue weighted by Gasteiger charge is -2.19. The Morgan fingerprint density at radius 2 is 2.10 bits per heavy atom. The lowest BCUT2D eigenvalue weighted by molar-refractivity contribution is -0.120. The molecule has 1 aliphatic rings. The van der Waals surface area contributed by atoms with Gasteiger partial charge in [0.1, 0.15) is 0 Å². The number of anilines is 1. The number of rotatable bonds is 5. The van der Waals surface area contributed by atoms with Gasteiger partial charge in [-0.25, -0.2) is 4.98 Å². The van der Waals surface area contributed by atoms with E-state index in [9.17, 15) is 4.79 Å².